The molecule has 0 saturated carbocycles. The number of hydrogen-bond acceptors (Lipinski definition) is 4. The van der Waals surface area contributed by atoms with Gasteiger partial charge in [-0.1, -0.05) is 18.2 Å². The normalized spacial score (nSPS) is 13.2. The third kappa shape index (κ3) is 2.50. The van der Waals surface area contributed by atoms with Gasteiger partial charge in [-0.15, -0.1) is 0 Å². The summed E-state index contributed by atoms with van der Waals surface area (Å²) in [6, 6.07) is 5.57. The fourth-order valence-electron chi connectivity index (χ4n) is 1.42. The van der Waals surface area contributed by atoms with E-state index in [-0.39, 0.29) is 18.3 Å². The van der Waals surface area contributed by atoms with E-state index in [4.69, 9.17) is 9.47 Å². The Kier molecular flexibility index (Phi) is 3.05. The first-order valence-corrected chi connectivity index (χ1v) is 4.94. The van der Waals surface area contributed by atoms with E-state index in [0.717, 1.165) is 17.1 Å². The van der Waals surface area contributed by atoms with Crippen LogP contribution in [0.1, 0.15) is 12.0 Å². The summed E-state index contributed by atoms with van der Waals surface area (Å²) in [5.41, 5.74) is 0.951. The van der Waals surface area contributed by atoms with Gasteiger partial charge in [0.2, 0.25) is 13.3 Å². The molecule has 16 heavy (non-hydrogen) atoms. The molecule has 2 rings (SSSR count). The van der Waals surface area contributed by atoms with E-state index in [2.05, 4.69) is 0 Å². The molecule has 1 aliphatic rings. The highest BCUT2D eigenvalue weighted by Crippen LogP contribution is 2.32. The SMILES string of the molecule is O=[N+]([O-])CC/C=C/c1ccc2c(c1)OCO2. The zero-order valence-corrected chi connectivity index (χ0v) is 8.59. The molecule has 0 aromatic heterocycles. The third-order valence-electron chi connectivity index (χ3n) is 2.19. The molecule has 1 aliphatic heterocycles. The average Bonchev–Trinajstić information content (AvgIpc) is 2.71. The number of hydrogen-bond donors (Lipinski definition) is 0. The summed E-state index contributed by atoms with van der Waals surface area (Å²) in [7, 11) is 0. The molecular weight excluding hydrogens is 210 g/mol. The van der Waals surface area contributed by atoms with Crippen LogP contribution in [0.3, 0.4) is 0 Å². The van der Waals surface area contributed by atoms with Crippen LogP contribution in [0, 0.1) is 10.1 Å². The first-order valence-electron chi connectivity index (χ1n) is 4.94. The summed E-state index contributed by atoms with van der Waals surface area (Å²) in [5.74, 6) is 1.46. The van der Waals surface area contributed by atoms with Gasteiger partial charge in [0.1, 0.15) is 0 Å². The van der Waals surface area contributed by atoms with E-state index in [1.807, 2.05) is 24.3 Å². The zero-order chi connectivity index (χ0) is 11.4. The van der Waals surface area contributed by atoms with E-state index in [1.54, 1.807) is 6.08 Å². The average molecular weight is 221 g/mol. The summed E-state index contributed by atoms with van der Waals surface area (Å²) in [5, 5.41) is 10.1. The number of nitro groups is 1. The molecule has 0 atom stereocenters. The summed E-state index contributed by atoms with van der Waals surface area (Å²) in [6.45, 7) is 0.213. The molecule has 1 heterocycles. The van der Waals surface area contributed by atoms with E-state index < -0.39 is 0 Å². The topological polar surface area (TPSA) is 61.6 Å². The van der Waals surface area contributed by atoms with Crippen LogP contribution in [0.25, 0.3) is 6.08 Å². The minimum absolute atomic E-state index is 0.0406. The van der Waals surface area contributed by atoms with Gasteiger partial charge in [0.05, 0.1) is 0 Å². The van der Waals surface area contributed by atoms with Gasteiger partial charge in [0.15, 0.2) is 11.5 Å². The molecule has 1 aromatic rings. The van der Waals surface area contributed by atoms with Crippen molar-refractivity contribution in [3.8, 4) is 11.5 Å². The van der Waals surface area contributed by atoms with Gasteiger partial charge in [-0.25, -0.2) is 0 Å². The largest absolute Gasteiger partial charge is 0.454 e. The minimum atomic E-state index is -0.329. The van der Waals surface area contributed by atoms with Crippen LogP contribution in [0.4, 0.5) is 0 Å². The van der Waals surface area contributed by atoms with Crippen molar-refractivity contribution in [3.63, 3.8) is 0 Å². The van der Waals surface area contributed by atoms with Crippen molar-refractivity contribution >= 4 is 6.08 Å². The van der Waals surface area contributed by atoms with Crippen LogP contribution in [-0.4, -0.2) is 18.3 Å². The standard InChI is InChI=1S/C11H11NO4/c13-12(14)6-2-1-3-9-4-5-10-11(7-9)16-8-15-10/h1,3-5,7H,2,6,8H2/b3-1+. The van der Waals surface area contributed by atoms with Crippen molar-refractivity contribution in [1.82, 2.24) is 0 Å². The number of benzene rings is 1. The highest BCUT2D eigenvalue weighted by atomic mass is 16.7. The van der Waals surface area contributed by atoms with Gasteiger partial charge < -0.3 is 9.47 Å². The first-order chi connectivity index (χ1) is 7.75. The Hall–Kier alpha value is -2.04. The highest BCUT2D eigenvalue weighted by Gasteiger charge is 2.11. The monoisotopic (exact) mass is 221 g/mol. The number of rotatable bonds is 4. The Morgan fingerprint density at radius 1 is 1.38 bits per heavy atom. The van der Waals surface area contributed by atoms with Gasteiger partial charge in [0, 0.05) is 11.3 Å². The smallest absolute Gasteiger partial charge is 0.231 e. The maximum absolute atomic E-state index is 10.1. The van der Waals surface area contributed by atoms with Crippen LogP contribution in [0.15, 0.2) is 24.3 Å². The summed E-state index contributed by atoms with van der Waals surface area (Å²) >= 11 is 0. The van der Waals surface area contributed by atoms with E-state index in [0.29, 0.717) is 6.42 Å². The quantitative estimate of drug-likeness (QED) is 0.577. The van der Waals surface area contributed by atoms with Crippen LogP contribution in [0.5, 0.6) is 11.5 Å². The number of nitrogens with zero attached hydrogens (tertiary/aromatic N) is 1. The lowest BCUT2D eigenvalue weighted by Crippen LogP contribution is -1.97. The molecular formula is C11H11NO4. The number of ether oxygens (including phenoxy) is 2. The van der Waals surface area contributed by atoms with E-state index in [9.17, 15) is 10.1 Å². The fourth-order valence-corrected chi connectivity index (χ4v) is 1.42. The molecule has 0 unspecified atom stereocenters. The fraction of sp³-hybridized carbons (Fsp3) is 0.273. The first kappa shape index (κ1) is 10.5. The number of fused-ring (bicyclic) bond motifs is 1. The van der Waals surface area contributed by atoms with Crippen LogP contribution in [0.2, 0.25) is 0 Å². The molecule has 0 fully saturated rings. The van der Waals surface area contributed by atoms with Crippen molar-refractivity contribution in [3.05, 3.63) is 40.0 Å². The van der Waals surface area contributed by atoms with Gasteiger partial charge in [-0.3, -0.25) is 10.1 Å². The summed E-state index contributed by atoms with van der Waals surface area (Å²) < 4.78 is 10.4. The Morgan fingerprint density at radius 2 is 2.19 bits per heavy atom. The minimum Gasteiger partial charge on any atom is -0.454 e. The maximum atomic E-state index is 10.1. The highest BCUT2D eigenvalue weighted by molar-refractivity contribution is 5.56. The molecule has 0 N–H and O–H groups in total. The van der Waals surface area contributed by atoms with Crippen molar-refractivity contribution in [2.75, 3.05) is 13.3 Å². The molecule has 84 valence electrons. The van der Waals surface area contributed by atoms with Crippen molar-refractivity contribution < 1.29 is 14.4 Å². The Labute approximate surface area is 92.4 Å². The Morgan fingerprint density at radius 3 is 3.00 bits per heavy atom. The third-order valence-corrected chi connectivity index (χ3v) is 2.19. The van der Waals surface area contributed by atoms with Crippen LogP contribution < -0.4 is 9.47 Å². The second-order valence-electron chi connectivity index (χ2n) is 3.36. The lowest BCUT2D eigenvalue weighted by atomic mass is 10.2. The predicted molar refractivity (Wildman–Crippen MR) is 58.1 cm³/mol. The van der Waals surface area contributed by atoms with Crippen molar-refractivity contribution in [2.45, 2.75) is 6.42 Å². The van der Waals surface area contributed by atoms with Gasteiger partial charge in [-0.05, 0) is 17.7 Å². The molecule has 5 nitrogen and oxygen atoms in total. The molecule has 0 spiro atoms. The predicted octanol–water partition coefficient (Wildman–Crippen LogP) is 2.10. The molecule has 1 aromatic carbocycles. The maximum Gasteiger partial charge on any atom is 0.231 e. The van der Waals surface area contributed by atoms with Crippen molar-refractivity contribution in [2.24, 2.45) is 0 Å². The molecule has 0 radical (unpaired) electrons. The van der Waals surface area contributed by atoms with Gasteiger partial charge >= 0.3 is 0 Å². The van der Waals surface area contributed by atoms with Crippen molar-refractivity contribution in [1.29, 1.82) is 0 Å². The van der Waals surface area contributed by atoms with Crippen LogP contribution in [-0.2, 0) is 0 Å². The zero-order valence-electron chi connectivity index (χ0n) is 8.59. The molecule has 0 saturated heterocycles. The Balaban J connectivity index is 1.97. The second-order valence-corrected chi connectivity index (χ2v) is 3.36. The lowest BCUT2D eigenvalue weighted by Gasteiger charge is -1.97. The summed E-state index contributed by atoms with van der Waals surface area (Å²) in [6.07, 6.45) is 4.05. The van der Waals surface area contributed by atoms with E-state index >= 15 is 0 Å². The van der Waals surface area contributed by atoms with Crippen LogP contribution >= 0.6 is 0 Å². The van der Waals surface area contributed by atoms with E-state index in [1.165, 1.54) is 0 Å². The second kappa shape index (κ2) is 4.65. The molecule has 0 amide bonds. The molecule has 0 bridgehead atoms. The summed E-state index contributed by atoms with van der Waals surface area (Å²) in [4.78, 5) is 9.77. The molecule has 0 aliphatic carbocycles. The Bertz CT molecular complexity index is 428. The van der Waals surface area contributed by atoms with Gasteiger partial charge in [0.25, 0.3) is 0 Å². The van der Waals surface area contributed by atoms with Gasteiger partial charge in [-0.2, -0.15) is 0 Å². The lowest BCUT2D eigenvalue weighted by molar-refractivity contribution is -0.478. The molecule has 5 heteroatoms.